The molecule has 1 fully saturated rings. The molecule has 0 amide bonds. The van der Waals surface area contributed by atoms with Crippen LogP contribution in [0.5, 0.6) is 0 Å². The van der Waals surface area contributed by atoms with Gasteiger partial charge in [0.2, 0.25) is 0 Å². The predicted octanol–water partition coefficient (Wildman–Crippen LogP) is 2.56. The molecule has 1 aliphatic carbocycles. The summed E-state index contributed by atoms with van der Waals surface area (Å²) >= 11 is 0. The fourth-order valence-corrected chi connectivity index (χ4v) is 2.49. The molecule has 1 N–H and O–H groups in total. The van der Waals surface area contributed by atoms with Gasteiger partial charge < -0.3 is 5.32 Å². The Morgan fingerprint density at radius 3 is 2.60 bits per heavy atom. The van der Waals surface area contributed by atoms with Crippen molar-refractivity contribution in [2.75, 3.05) is 6.54 Å². The first kappa shape index (κ1) is 9.28. The summed E-state index contributed by atoms with van der Waals surface area (Å²) in [4.78, 5) is 0. The molecule has 3 heteroatoms. The fraction of sp³-hybridized carbons (Fsp3) is 0.500. The second-order valence-corrected chi connectivity index (χ2v) is 4.44. The van der Waals surface area contributed by atoms with Crippen LogP contribution >= 0.6 is 0 Å². The van der Waals surface area contributed by atoms with Gasteiger partial charge in [0.05, 0.1) is 0 Å². The van der Waals surface area contributed by atoms with Crippen molar-refractivity contribution in [1.29, 1.82) is 0 Å². The van der Waals surface area contributed by atoms with Crippen LogP contribution in [0.4, 0.5) is 8.78 Å². The van der Waals surface area contributed by atoms with Crippen LogP contribution in [0, 0.1) is 17.6 Å². The van der Waals surface area contributed by atoms with Crippen LogP contribution < -0.4 is 5.32 Å². The van der Waals surface area contributed by atoms with Gasteiger partial charge in [-0.05, 0) is 49.4 Å². The molecule has 1 aromatic rings. The summed E-state index contributed by atoms with van der Waals surface area (Å²) in [5.74, 6) is 0.00870. The lowest BCUT2D eigenvalue weighted by Gasteiger charge is -2.27. The van der Waals surface area contributed by atoms with Gasteiger partial charge in [0.15, 0.2) is 0 Å². The molecule has 0 spiro atoms. The zero-order valence-corrected chi connectivity index (χ0v) is 8.39. The first-order chi connectivity index (χ1) is 7.27. The minimum atomic E-state index is -0.254. The molecule has 0 saturated heterocycles. The van der Waals surface area contributed by atoms with Crippen molar-refractivity contribution in [3.05, 3.63) is 34.9 Å². The second-order valence-electron chi connectivity index (χ2n) is 4.44. The van der Waals surface area contributed by atoms with Crippen LogP contribution in [0.3, 0.4) is 0 Å². The summed E-state index contributed by atoms with van der Waals surface area (Å²) in [6.45, 7) is 0.758. The van der Waals surface area contributed by atoms with Crippen molar-refractivity contribution in [1.82, 2.24) is 5.32 Å². The maximum Gasteiger partial charge on any atom is 0.128 e. The minimum absolute atomic E-state index is 0.0458. The van der Waals surface area contributed by atoms with E-state index in [0.717, 1.165) is 19.4 Å². The Labute approximate surface area is 87.5 Å². The Morgan fingerprint density at radius 1 is 1.13 bits per heavy atom. The van der Waals surface area contributed by atoms with E-state index < -0.39 is 0 Å². The fourth-order valence-electron chi connectivity index (χ4n) is 2.49. The number of nitrogens with one attached hydrogen (secondary N) is 1. The Hall–Kier alpha value is -0.960. The number of rotatable bonds is 1. The molecule has 15 heavy (non-hydrogen) atoms. The largest absolute Gasteiger partial charge is 0.309 e. The van der Waals surface area contributed by atoms with Crippen LogP contribution in [-0.2, 0) is 6.42 Å². The van der Waals surface area contributed by atoms with Gasteiger partial charge in [0.25, 0.3) is 0 Å². The standard InChI is InChI=1S/C12H13F2N/c13-9-3-4-10(14)11-8(9)5-6-15-12(11)7-1-2-7/h3-4,7,12,15H,1-2,5-6H2. The third-order valence-corrected chi connectivity index (χ3v) is 3.39. The van der Waals surface area contributed by atoms with Gasteiger partial charge in [-0.25, -0.2) is 8.78 Å². The maximum absolute atomic E-state index is 13.7. The molecule has 1 aromatic carbocycles. The van der Waals surface area contributed by atoms with Crippen LogP contribution in [0.2, 0.25) is 0 Å². The average Bonchev–Trinajstić information content (AvgIpc) is 3.07. The molecular formula is C12H13F2N. The lowest BCUT2D eigenvalue weighted by atomic mass is 9.90. The molecule has 1 aliphatic heterocycles. The molecule has 0 aromatic heterocycles. The van der Waals surface area contributed by atoms with E-state index in [1.807, 2.05) is 0 Å². The Morgan fingerprint density at radius 2 is 1.87 bits per heavy atom. The third kappa shape index (κ3) is 1.46. The third-order valence-electron chi connectivity index (χ3n) is 3.39. The predicted molar refractivity (Wildman–Crippen MR) is 53.5 cm³/mol. The van der Waals surface area contributed by atoms with Crippen molar-refractivity contribution in [2.45, 2.75) is 25.3 Å². The van der Waals surface area contributed by atoms with Crippen LogP contribution in [-0.4, -0.2) is 6.54 Å². The van der Waals surface area contributed by atoms with Gasteiger partial charge in [0.1, 0.15) is 11.6 Å². The van der Waals surface area contributed by atoms with Crippen molar-refractivity contribution in [3.8, 4) is 0 Å². The zero-order chi connectivity index (χ0) is 10.4. The zero-order valence-electron chi connectivity index (χ0n) is 8.39. The molecule has 80 valence electrons. The summed E-state index contributed by atoms with van der Waals surface area (Å²) in [7, 11) is 0. The molecule has 1 atom stereocenters. The first-order valence-electron chi connectivity index (χ1n) is 5.47. The molecule has 1 unspecified atom stereocenters. The highest BCUT2D eigenvalue weighted by molar-refractivity contribution is 5.36. The quantitative estimate of drug-likeness (QED) is 0.749. The van der Waals surface area contributed by atoms with E-state index in [-0.39, 0.29) is 17.7 Å². The first-order valence-corrected chi connectivity index (χ1v) is 5.47. The van der Waals surface area contributed by atoms with Crippen LogP contribution in [0.25, 0.3) is 0 Å². The number of benzene rings is 1. The smallest absolute Gasteiger partial charge is 0.128 e. The van der Waals surface area contributed by atoms with E-state index in [4.69, 9.17) is 0 Å². The minimum Gasteiger partial charge on any atom is -0.309 e. The van der Waals surface area contributed by atoms with Crippen molar-refractivity contribution in [2.24, 2.45) is 5.92 Å². The Bertz CT molecular complexity index is 399. The van der Waals surface area contributed by atoms with Gasteiger partial charge in [-0.3, -0.25) is 0 Å². The number of fused-ring (bicyclic) bond motifs is 1. The lowest BCUT2D eigenvalue weighted by molar-refractivity contribution is 0.422. The van der Waals surface area contributed by atoms with E-state index in [1.165, 1.54) is 12.1 Å². The van der Waals surface area contributed by atoms with Gasteiger partial charge in [-0.15, -0.1) is 0 Å². The highest BCUT2D eigenvalue weighted by Gasteiger charge is 2.37. The van der Waals surface area contributed by atoms with E-state index in [2.05, 4.69) is 5.32 Å². The second kappa shape index (κ2) is 3.27. The summed E-state index contributed by atoms with van der Waals surface area (Å²) in [6.07, 6.45) is 2.86. The lowest BCUT2D eigenvalue weighted by Crippen LogP contribution is -2.32. The molecule has 0 radical (unpaired) electrons. The molecule has 0 bridgehead atoms. The van der Waals surface area contributed by atoms with Crippen molar-refractivity contribution < 1.29 is 8.78 Å². The summed E-state index contributed by atoms with van der Waals surface area (Å²) in [5.41, 5.74) is 1.18. The highest BCUT2D eigenvalue weighted by atomic mass is 19.1. The van der Waals surface area contributed by atoms with E-state index in [9.17, 15) is 8.78 Å². The monoisotopic (exact) mass is 209 g/mol. The molecule has 1 saturated carbocycles. The molecule has 1 nitrogen and oxygen atoms in total. The van der Waals surface area contributed by atoms with Crippen molar-refractivity contribution >= 4 is 0 Å². The Kier molecular flexibility index (Phi) is 2.02. The molecule has 3 rings (SSSR count). The van der Waals surface area contributed by atoms with Crippen LogP contribution in [0.1, 0.15) is 30.0 Å². The maximum atomic E-state index is 13.7. The van der Waals surface area contributed by atoms with E-state index >= 15 is 0 Å². The number of halogens is 2. The average molecular weight is 209 g/mol. The summed E-state index contributed by atoms with van der Waals surface area (Å²) < 4.78 is 27.2. The van der Waals surface area contributed by atoms with Gasteiger partial charge in [-0.2, -0.15) is 0 Å². The van der Waals surface area contributed by atoms with Gasteiger partial charge in [-0.1, -0.05) is 0 Å². The number of hydrogen-bond acceptors (Lipinski definition) is 1. The summed E-state index contributed by atoms with van der Waals surface area (Å²) in [5, 5.41) is 3.30. The number of hydrogen-bond donors (Lipinski definition) is 1. The van der Waals surface area contributed by atoms with Crippen LogP contribution in [0.15, 0.2) is 12.1 Å². The van der Waals surface area contributed by atoms with Crippen molar-refractivity contribution in [3.63, 3.8) is 0 Å². The topological polar surface area (TPSA) is 12.0 Å². The molecule has 1 heterocycles. The SMILES string of the molecule is Fc1ccc(F)c2c1CCNC2C1CC1. The normalized spacial score (nSPS) is 25.1. The molecule has 2 aliphatic rings. The highest BCUT2D eigenvalue weighted by Crippen LogP contribution is 2.44. The summed E-state index contributed by atoms with van der Waals surface area (Å²) in [6, 6.07) is 2.53. The molecular weight excluding hydrogens is 196 g/mol. The van der Waals surface area contributed by atoms with Gasteiger partial charge in [0, 0.05) is 11.6 Å². The van der Waals surface area contributed by atoms with E-state index in [0.29, 0.717) is 23.5 Å². The Balaban J connectivity index is 2.11. The van der Waals surface area contributed by atoms with E-state index in [1.54, 1.807) is 0 Å². The van der Waals surface area contributed by atoms with Gasteiger partial charge >= 0.3 is 0 Å².